The Morgan fingerprint density at radius 2 is 1.68 bits per heavy atom. The van der Waals surface area contributed by atoms with E-state index in [1.165, 1.54) is 12.3 Å². The second-order valence-electron chi connectivity index (χ2n) is 11.4. The summed E-state index contributed by atoms with van der Waals surface area (Å²) in [6.45, 7) is -0.733. The maximum atomic E-state index is 14.1. The van der Waals surface area contributed by atoms with Crippen LogP contribution in [0, 0.1) is 56.5 Å². The van der Waals surface area contributed by atoms with E-state index in [1.54, 1.807) is 10.9 Å². The molecule has 4 aliphatic carbocycles. The Balaban J connectivity index is 1.18. The van der Waals surface area contributed by atoms with E-state index in [-0.39, 0.29) is 29.4 Å². The predicted octanol–water partition coefficient (Wildman–Crippen LogP) is 5.82. The summed E-state index contributed by atoms with van der Waals surface area (Å²) in [5, 5.41) is 22.4. The number of nitrogens with one attached hydrogen (secondary N) is 1. The Hall–Kier alpha value is -3.36. The van der Waals surface area contributed by atoms with Crippen molar-refractivity contribution in [2.75, 3.05) is 5.32 Å². The van der Waals surface area contributed by atoms with Gasteiger partial charge in [0.15, 0.2) is 29.1 Å². The maximum absolute atomic E-state index is 14.1. The van der Waals surface area contributed by atoms with Crippen molar-refractivity contribution in [1.82, 2.24) is 19.6 Å². The number of nitro groups is 1. The molecule has 4 saturated carbocycles. The fourth-order valence-electron chi connectivity index (χ4n) is 7.58. The monoisotopic (exact) mass is 628 g/mol. The molecular weight excluding hydrogens is 607 g/mol. The molecule has 1 amide bonds. The highest BCUT2D eigenvalue weighted by molar-refractivity contribution is 9.10. The van der Waals surface area contributed by atoms with Gasteiger partial charge in [-0.3, -0.25) is 9.48 Å². The molecule has 7 rings (SSSR count). The van der Waals surface area contributed by atoms with Gasteiger partial charge in [-0.2, -0.15) is 9.78 Å². The van der Waals surface area contributed by atoms with Gasteiger partial charge in [0, 0.05) is 18.7 Å². The smallest absolute Gasteiger partial charge is 0.358 e. The summed E-state index contributed by atoms with van der Waals surface area (Å²) in [6, 6.07) is 1.37. The van der Waals surface area contributed by atoms with Gasteiger partial charge in [0.2, 0.25) is 11.7 Å². The van der Waals surface area contributed by atoms with Gasteiger partial charge < -0.3 is 15.4 Å². The number of amides is 1. The van der Waals surface area contributed by atoms with Crippen molar-refractivity contribution in [2.45, 2.75) is 57.0 Å². The van der Waals surface area contributed by atoms with Crippen molar-refractivity contribution in [3.05, 3.63) is 67.7 Å². The van der Waals surface area contributed by atoms with E-state index in [4.69, 9.17) is 0 Å². The quantitative estimate of drug-likeness (QED) is 0.117. The highest BCUT2D eigenvalue weighted by atomic mass is 79.9. The number of anilines is 1. The van der Waals surface area contributed by atoms with Gasteiger partial charge in [-0.05, 0) is 76.6 Å². The Kier molecular flexibility index (Phi) is 6.27. The van der Waals surface area contributed by atoms with Crippen LogP contribution in [-0.4, -0.2) is 30.4 Å². The average Bonchev–Trinajstić information content (AvgIpc) is 3.49. The standard InChI is InChI=1S/C25H22BrF5N6O3/c26-15-10-36(34-23(15)37(39)40)25-6-12-3-13(7-25)5-24(4-12,11-25)8-17(38)32-16-1-2-35(33-16)9-14-18(27)20(29)22(31)21(30)19(14)28/h1-2,10,12-13H,3-9,11H2,(H,32,33,38). The minimum Gasteiger partial charge on any atom is -0.358 e. The molecule has 1 N–H and O–H groups in total. The van der Waals surface area contributed by atoms with Gasteiger partial charge in [-0.1, -0.05) is 0 Å². The lowest BCUT2D eigenvalue weighted by Gasteiger charge is -2.61. The van der Waals surface area contributed by atoms with Crippen LogP contribution in [0.3, 0.4) is 0 Å². The molecule has 2 heterocycles. The van der Waals surface area contributed by atoms with Crippen molar-refractivity contribution in [3.8, 4) is 0 Å². The van der Waals surface area contributed by atoms with Crippen LogP contribution >= 0.6 is 15.9 Å². The minimum absolute atomic E-state index is 0.0694. The van der Waals surface area contributed by atoms with Crippen LogP contribution in [0.25, 0.3) is 0 Å². The molecule has 3 aromatic rings. The first-order valence-corrected chi connectivity index (χ1v) is 13.4. The summed E-state index contributed by atoms with van der Waals surface area (Å²) in [5.74, 6) is -9.99. The zero-order chi connectivity index (χ0) is 28.6. The Morgan fingerprint density at radius 1 is 1.05 bits per heavy atom. The van der Waals surface area contributed by atoms with Crippen LogP contribution in [0.4, 0.5) is 33.6 Å². The van der Waals surface area contributed by atoms with Crippen molar-refractivity contribution in [1.29, 1.82) is 0 Å². The van der Waals surface area contributed by atoms with Crippen LogP contribution < -0.4 is 5.32 Å². The molecule has 0 aliphatic heterocycles. The summed E-state index contributed by atoms with van der Waals surface area (Å²) in [7, 11) is 0. The third kappa shape index (κ3) is 4.38. The molecule has 2 aromatic heterocycles. The molecule has 4 bridgehead atoms. The molecule has 0 radical (unpaired) electrons. The molecule has 1 aromatic carbocycles. The Morgan fingerprint density at radius 3 is 2.27 bits per heavy atom. The van der Waals surface area contributed by atoms with E-state index in [1.807, 2.05) is 0 Å². The van der Waals surface area contributed by atoms with Crippen molar-refractivity contribution < 1.29 is 31.7 Å². The number of hydrogen-bond acceptors (Lipinski definition) is 5. The molecule has 40 heavy (non-hydrogen) atoms. The van der Waals surface area contributed by atoms with E-state index in [2.05, 4.69) is 31.4 Å². The Bertz CT molecular complexity index is 1510. The third-order valence-corrected chi connectivity index (χ3v) is 9.09. The highest BCUT2D eigenvalue weighted by Crippen LogP contribution is 2.65. The first-order chi connectivity index (χ1) is 18.9. The van der Waals surface area contributed by atoms with E-state index < -0.39 is 51.7 Å². The zero-order valence-electron chi connectivity index (χ0n) is 20.8. The van der Waals surface area contributed by atoms with E-state index in [0.29, 0.717) is 22.7 Å². The number of halogens is 6. The number of carbonyl (C=O) groups excluding carboxylic acids is 1. The normalized spacial score (nSPS) is 26.9. The van der Waals surface area contributed by atoms with E-state index >= 15 is 0 Å². The van der Waals surface area contributed by atoms with Crippen molar-refractivity contribution in [2.24, 2.45) is 17.3 Å². The molecule has 4 fully saturated rings. The summed E-state index contributed by atoms with van der Waals surface area (Å²) in [6.07, 6.45) is 8.12. The van der Waals surface area contributed by atoms with Gasteiger partial charge in [0.05, 0.1) is 28.9 Å². The van der Waals surface area contributed by atoms with Crippen LogP contribution in [0.2, 0.25) is 0 Å². The molecule has 212 valence electrons. The lowest BCUT2D eigenvalue weighted by Crippen LogP contribution is -2.57. The molecule has 0 spiro atoms. The van der Waals surface area contributed by atoms with Crippen LogP contribution in [0.15, 0.2) is 22.9 Å². The summed E-state index contributed by atoms with van der Waals surface area (Å²) in [4.78, 5) is 24.0. The molecule has 9 nitrogen and oxygen atoms in total. The highest BCUT2D eigenvalue weighted by Gasteiger charge is 2.60. The second kappa shape index (κ2) is 9.35. The van der Waals surface area contributed by atoms with Crippen LogP contribution in [0.1, 0.15) is 50.5 Å². The molecule has 0 saturated heterocycles. The van der Waals surface area contributed by atoms with E-state index in [9.17, 15) is 36.9 Å². The molecule has 15 heteroatoms. The zero-order valence-corrected chi connectivity index (χ0v) is 22.4. The number of aromatic nitrogens is 4. The largest absolute Gasteiger partial charge is 0.404 e. The number of benzene rings is 1. The number of rotatable bonds is 7. The van der Waals surface area contributed by atoms with Crippen molar-refractivity contribution in [3.63, 3.8) is 0 Å². The SMILES string of the molecule is O=C(CC12CC3CC(C1)CC(n1cc(Br)c([N+](=O)[O-])n1)(C3)C2)Nc1ccn(Cc2c(F)c(F)c(F)c(F)c2F)n1. The minimum atomic E-state index is -2.24. The number of hydrogen-bond donors (Lipinski definition) is 1. The molecule has 2 atom stereocenters. The second-order valence-corrected chi connectivity index (χ2v) is 12.2. The lowest BCUT2D eigenvalue weighted by molar-refractivity contribution is -0.390. The summed E-state index contributed by atoms with van der Waals surface area (Å²) in [5.41, 5.74) is -1.79. The molecule has 4 aliphatic rings. The predicted molar refractivity (Wildman–Crippen MR) is 132 cm³/mol. The first-order valence-electron chi connectivity index (χ1n) is 12.6. The van der Waals surface area contributed by atoms with Gasteiger partial charge in [-0.25, -0.2) is 22.0 Å². The average molecular weight is 629 g/mol. The third-order valence-electron chi connectivity index (χ3n) is 8.53. The van der Waals surface area contributed by atoms with E-state index in [0.717, 1.165) is 36.8 Å². The van der Waals surface area contributed by atoms with Gasteiger partial charge in [-0.15, -0.1) is 0 Å². The number of carbonyl (C=O) groups is 1. The number of nitrogens with zero attached hydrogens (tertiary/aromatic N) is 5. The van der Waals surface area contributed by atoms with Gasteiger partial charge in [0.25, 0.3) is 0 Å². The van der Waals surface area contributed by atoms with Crippen LogP contribution in [-0.2, 0) is 16.9 Å². The maximum Gasteiger partial charge on any atom is 0.404 e. The van der Waals surface area contributed by atoms with Gasteiger partial charge >= 0.3 is 5.82 Å². The van der Waals surface area contributed by atoms with Crippen LogP contribution in [0.5, 0.6) is 0 Å². The topological polar surface area (TPSA) is 108 Å². The van der Waals surface area contributed by atoms with Gasteiger partial charge in [0.1, 0.15) is 4.47 Å². The summed E-state index contributed by atoms with van der Waals surface area (Å²) < 4.78 is 71.5. The fourth-order valence-corrected chi connectivity index (χ4v) is 8.00. The first kappa shape index (κ1) is 26.8. The lowest BCUT2D eigenvalue weighted by atomic mass is 9.46. The fraction of sp³-hybridized carbons (Fsp3) is 0.480. The molecular formula is C25H22BrF5N6O3. The van der Waals surface area contributed by atoms with Crippen molar-refractivity contribution >= 4 is 33.5 Å². The Labute approximate surface area is 232 Å². The molecule has 2 unspecified atom stereocenters. The summed E-state index contributed by atoms with van der Waals surface area (Å²) >= 11 is 3.24.